The van der Waals surface area contributed by atoms with Gasteiger partial charge in [-0.15, -0.1) is 0 Å². The van der Waals surface area contributed by atoms with Crippen molar-refractivity contribution in [2.45, 2.75) is 12.8 Å². The van der Waals surface area contributed by atoms with Gasteiger partial charge in [0.15, 0.2) is 0 Å². The number of carbonyl (C=O) groups is 1. The number of nitrogens with two attached hydrogens (primary N) is 1. The lowest BCUT2D eigenvalue weighted by atomic mass is 10.2. The van der Waals surface area contributed by atoms with Crippen LogP contribution in [0.4, 0.5) is 11.4 Å². The fourth-order valence-corrected chi connectivity index (χ4v) is 3.17. The number of benzene rings is 1. The quantitative estimate of drug-likeness (QED) is 0.839. The summed E-state index contributed by atoms with van der Waals surface area (Å²) in [5, 5.41) is 3.36. The normalized spacial score (nSPS) is 16.6. The number of thioether (sulfide) groups is 1. The van der Waals surface area contributed by atoms with E-state index in [9.17, 15) is 4.79 Å². The lowest BCUT2D eigenvalue weighted by Crippen LogP contribution is -2.29. The highest BCUT2D eigenvalue weighted by molar-refractivity contribution is 7.99. The number of anilines is 2. The minimum atomic E-state index is 0.0172. The third-order valence-corrected chi connectivity index (χ3v) is 4.64. The molecule has 0 bridgehead atoms. The van der Waals surface area contributed by atoms with E-state index in [1.165, 1.54) is 12.2 Å². The molecule has 1 fully saturated rings. The van der Waals surface area contributed by atoms with Crippen LogP contribution in [0.5, 0.6) is 0 Å². The summed E-state index contributed by atoms with van der Waals surface area (Å²) in [5.74, 6) is 2.41. The first kappa shape index (κ1) is 15.5. The molecule has 6 heteroatoms. The SMILES string of the molecule is Nc1cc(NC(=O)CCN2CCCSCC2)ccc1Cl. The predicted molar refractivity (Wildman–Crippen MR) is 87.5 cm³/mol. The Morgan fingerprint density at radius 3 is 3.05 bits per heavy atom. The molecule has 0 saturated carbocycles. The van der Waals surface area contributed by atoms with Gasteiger partial charge >= 0.3 is 0 Å². The number of carbonyl (C=O) groups excluding carboxylic acids is 1. The minimum Gasteiger partial charge on any atom is -0.397 e. The molecular weight excluding hydrogens is 294 g/mol. The molecule has 20 heavy (non-hydrogen) atoms. The second-order valence-corrected chi connectivity index (χ2v) is 6.47. The molecule has 1 aromatic rings. The average molecular weight is 314 g/mol. The summed E-state index contributed by atoms with van der Waals surface area (Å²) in [7, 11) is 0. The zero-order chi connectivity index (χ0) is 14.4. The van der Waals surface area contributed by atoms with Crippen LogP contribution in [0.3, 0.4) is 0 Å². The molecule has 4 nitrogen and oxygen atoms in total. The average Bonchev–Trinajstić information content (AvgIpc) is 2.69. The highest BCUT2D eigenvalue weighted by Crippen LogP contribution is 2.22. The maximum Gasteiger partial charge on any atom is 0.225 e. The molecule has 1 saturated heterocycles. The fourth-order valence-electron chi connectivity index (χ4n) is 2.13. The van der Waals surface area contributed by atoms with Crippen molar-refractivity contribution >= 4 is 40.6 Å². The Labute approximate surface area is 129 Å². The van der Waals surface area contributed by atoms with Gasteiger partial charge in [0.25, 0.3) is 0 Å². The predicted octanol–water partition coefficient (Wildman–Crippen LogP) is 2.69. The Balaban J connectivity index is 1.78. The first-order valence-electron chi connectivity index (χ1n) is 6.80. The van der Waals surface area contributed by atoms with Gasteiger partial charge in [0, 0.05) is 31.0 Å². The third kappa shape index (κ3) is 4.89. The van der Waals surface area contributed by atoms with Gasteiger partial charge in [-0.1, -0.05) is 11.6 Å². The Hall–Kier alpha value is -0.910. The van der Waals surface area contributed by atoms with Crippen LogP contribution in [0.25, 0.3) is 0 Å². The number of halogens is 1. The van der Waals surface area contributed by atoms with Crippen molar-refractivity contribution in [2.24, 2.45) is 0 Å². The number of nitrogens with one attached hydrogen (secondary N) is 1. The number of hydrogen-bond acceptors (Lipinski definition) is 4. The van der Waals surface area contributed by atoms with Crippen LogP contribution in [-0.2, 0) is 4.79 Å². The monoisotopic (exact) mass is 313 g/mol. The minimum absolute atomic E-state index is 0.0172. The Kier molecular flexibility index (Phi) is 6.01. The summed E-state index contributed by atoms with van der Waals surface area (Å²) in [6.07, 6.45) is 1.72. The molecule has 1 heterocycles. The zero-order valence-corrected chi connectivity index (χ0v) is 13.0. The molecule has 0 atom stereocenters. The van der Waals surface area contributed by atoms with Gasteiger partial charge in [0.05, 0.1) is 10.7 Å². The van der Waals surface area contributed by atoms with Crippen molar-refractivity contribution in [3.8, 4) is 0 Å². The van der Waals surface area contributed by atoms with E-state index in [1.807, 2.05) is 11.8 Å². The zero-order valence-electron chi connectivity index (χ0n) is 11.4. The topological polar surface area (TPSA) is 58.4 Å². The van der Waals surface area contributed by atoms with Crippen molar-refractivity contribution in [2.75, 3.05) is 42.2 Å². The summed E-state index contributed by atoms with van der Waals surface area (Å²) in [5.41, 5.74) is 6.89. The fraction of sp³-hybridized carbons (Fsp3) is 0.500. The van der Waals surface area contributed by atoms with E-state index in [0.29, 0.717) is 22.8 Å². The first-order chi connectivity index (χ1) is 9.65. The summed E-state index contributed by atoms with van der Waals surface area (Å²) in [4.78, 5) is 14.3. The number of nitrogens with zero attached hydrogens (tertiary/aromatic N) is 1. The van der Waals surface area contributed by atoms with Crippen molar-refractivity contribution < 1.29 is 4.79 Å². The molecule has 0 spiro atoms. The molecule has 0 aliphatic carbocycles. The highest BCUT2D eigenvalue weighted by atomic mass is 35.5. The molecule has 1 amide bonds. The molecule has 110 valence electrons. The van der Waals surface area contributed by atoms with E-state index >= 15 is 0 Å². The van der Waals surface area contributed by atoms with Gasteiger partial charge in [0.1, 0.15) is 0 Å². The third-order valence-electron chi connectivity index (χ3n) is 3.25. The standard InChI is InChI=1S/C14H20ClN3OS/c15-12-3-2-11(10-13(12)16)17-14(19)4-6-18-5-1-8-20-9-7-18/h2-3,10H,1,4-9,16H2,(H,17,19). The molecule has 2 rings (SSSR count). The molecule has 3 N–H and O–H groups in total. The van der Waals surface area contributed by atoms with Crippen LogP contribution < -0.4 is 11.1 Å². The van der Waals surface area contributed by atoms with E-state index in [2.05, 4.69) is 10.2 Å². The van der Waals surface area contributed by atoms with Crippen LogP contribution in [0.2, 0.25) is 5.02 Å². The van der Waals surface area contributed by atoms with E-state index < -0.39 is 0 Å². The number of hydrogen-bond donors (Lipinski definition) is 2. The summed E-state index contributed by atoms with van der Waals surface area (Å²) in [6.45, 7) is 2.98. The highest BCUT2D eigenvalue weighted by Gasteiger charge is 2.11. The summed E-state index contributed by atoms with van der Waals surface area (Å²) >= 11 is 7.84. The van der Waals surface area contributed by atoms with Crippen LogP contribution in [0.15, 0.2) is 18.2 Å². The maximum absolute atomic E-state index is 11.9. The Morgan fingerprint density at radius 2 is 2.25 bits per heavy atom. The number of amides is 1. The molecular formula is C14H20ClN3OS. The lowest BCUT2D eigenvalue weighted by molar-refractivity contribution is -0.116. The molecule has 1 aromatic carbocycles. The Morgan fingerprint density at radius 1 is 1.40 bits per heavy atom. The second kappa shape index (κ2) is 7.76. The summed E-state index contributed by atoms with van der Waals surface area (Å²) < 4.78 is 0. The molecule has 1 aliphatic heterocycles. The van der Waals surface area contributed by atoms with Gasteiger partial charge in [-0.2, -0.15) is 11.8 Å². The second-order valence-electron chi connectivity index (χ2n) is 4.84. The smallest absolute Gasteiger partial charge is 0.225 e. The Bertz CT molecular complexity index is 462. The molecule has 1 aliphatic rings. The lowest BCUT2D eigenvalue weighted by Gasteiger charge is -2.18. The largest absolute Gasteiger partial charge is 0.397 e. The van der Waals surface area contributed by atoms with Crippen molar-refractivity contribution in [1.82, 2.24) is 4.90 Å². The number of rotatable bonds is 4. The van der Waals surface area contributed by atoms with Gasteiger partial charge in [-0.05, 0) is 36.9 Å². The van der Waals surface area contributed by atoms with Gasteiger partial charge in [-0.25, -0.2) is 0 Å². The van der Waals surface area contributed by atoms with Crippen LogP contribution >= 0.6 is 23.4 Å². The van der Waals surface area contributed by atoms with Crippen molar-refractivity contribution in [1.29, 1.82) is 0 Å². The first-order valence-corrected chi connectivity index (χ1v) is 8.33. The van der Waals surface area contributed by atoms with Gasteiger partial charge in [-0.3, -0.25) is 4.79 Å². The van der Waals surface area contributed by atoms with Crippen molar-refractivity contribution in [3.05, 3.63) is 23.2 Å². The van der Waals surface area contributed by atoms with Gasteiger partial charge < -0.3 is 16.0 Å². The van der Waals surface area contributed by atoms with Crippen LogP contribution in [0, 0.1) is 0 Å². The van der Waals surface area contributed by atoms with Gasteiger partial charge in [0.2, 0.25) is 5.91 Å². The van der Waals surface area contributed by atoms with Crippen LogP contribution in [0.1, 0.15) is 12.8 Å². The van der Waals surface area contributed by atoms with E-state index in [-0.39, 0.29) is 5.91 Å². The molecule has 0 unspecified atom stereocenters. The molecule has 0 radical (unpaired) electrons. The number of nitrogen functional groups attached to an aromatic ring is 1. The summed E-state index contributed by atoms with van der Waals surface area (Å²) in [6, 6.07) is 5.14. The van der Waals surface area contributed by atoms with E-state index in [0.717, 1.165) is 25.4 Å². The van der Waals surface area contributed by atoms with Crippen LogP contribution in [-0.4, -0.2) is 41.9 Å². The van der Waals surface area contributed by atoms with E-state index in [1.54, 1.807) is 18.2 Å². The van der Waals surface area contributed by atoms with E-state index in [4.69, 9.17) is 17.3 Å². The van der Waals surface area contributed by atoms with Crippen molar-refractivity contribution in [3.63, 3.8) is 0 Å². The maximum atomic E-state index is 11.9. The molecule has 0 aromatic heterocycles.